The van der Waals surface area contributed by atoms with Gasteiger partial charge in [0.2, 0.25) is 0 Å². The number of halogens is 3. The van der Waals surface area contributed by atoms with Crippen molar-refractivity contribution in [3.63, 3.8) is 0 Å². The van der Waals surface area contributed by atoms with E-state index in [9.17, 15) is 13.2 Å². The van der Waals surface area contributed by atoms with Gasteiger partial charge in [0.25, 0.3) is 0 Å². The van der Waals surface area contributed by atoms with Gasteiger partial charge in [0.05, 0.1) is 6.10 Å². The van der Waals surface area contributed by atoms with Gasteiger partial charge in [-0.1, -0.05) is 0 Å². The zero-order valence-corrected chi connectivity index (χ0v) is 5.40. The van der Waals surface area contributed by atoms with Crippen LogP contribution in [0.25, 0.3) is 0 Å². The second-order valence-electron chi connectivity index (χ2n) is 2.30. The molecule has 5 heteroatoms. The highest BCUT2D eigenvalue weighted by atomic mass is 19.4. The Morgan fingerprint density at radius 2 is 2.10 bits per heavy atom. The van der Waals surface area contributed by atoms with Crippen LogP contribution in [0.5, 0.6) is 0 Å². The zero-order chi connectivity index (χ0) is 7.78. The Labute approximate surface area is 56.4 Å². The average Bonchev–Trinajstić information content (AvgIpc) is 1.78. The Hall–Kier alpha value is -0.290. The van der Waals surface area contributed by atoms with Gasteiger partial charge >= 0.3 is 6.36 Å². The maximum atomic E-state index is 11.5. The molecule has 0 amide bonds. The molecule has 0 aromatic rings. The summed E-state index contributed by atoms with van der Waals surface area (Å²) < 4.78 is 38.1. The molecular weight excluding hydrogens is 147 g/mol. The topological polar surface area (TPSA) is 21.3 Å². The van der Waals surface area contributed by atoms with Gasteiger partial charge in [-0.25, -0.2) is 0 Å². The normalized spacial score (nSPS) is 33.6. The SMILES string of the molecule is C[C@H]1NC[C@H]1OC(F)(F)F. The summed E-state index contributed by atoms with van der Waals surface area (Å²) in [6, 6.07) is -0.179. The van der Waals surface area contributed by atoms with Crippen LogP contribution in [0.3, 0.4) is 0 Å². The molecule has 0 aliphatic carbocycles. The van der Waals surface area contributed by atoms with Crippen LogP contribution in [0.1, 0.15) is 6.92 Å². The summed E-state index contributed by atoms with van der Waals surface area (Å²) >= 11 is 0. The number of hydrogen-bond acceptors (Lipinski definition) is 2. The minimum absolute atomic E-state index is 0.179. The first-order valence-electron chi connectivity index (χ1n) is 2.97. The van der Waals surface area contributed by atoms with Crippen molar-refractivity contribution in [3.05, 3.63) is 0 Å². The number of ether oxygens (including phenoxy) is 1. The van der Waals surface area contributed by atoms with Gasteiger partial charge in [0, 0.05) is 12.6 Å². The Morgan fingerprint density at radius 1 is 1.50 bits per heavy atom. The number of nitrogens with one attached hydrogen (secondary N) is 1. The molecule has 60 valence electrons. The lowest BCUT2D eigenvalue weighted by atomic mass is 10.1. The summed E-state index contributed by atoms with van der Waals surface area (Å²) in [5.74, 6) is 0. The highest BCUT2D eigenvalue weighted by Gasteiger charge is 2.39. The molecule has 0 bridgehead atoms. The van der Waals surface area contributed by atoms with Gasteiger partial charge in [-0.15, -0.1) is 13.2 Å². The van der Waals surface area contributed by atoms with E-state index in [1.165, 1.54) is 0 Å². The van der Waals surface area contributed by atoms with Crippen molar-refractivity contribution in [2.45, 2.75) is 25.4 Å². The molecule has 0 spiro atoms. The van der Waals surface area contributed by atoms with E-state index in [1.54, 1.807) is 6.92 Å². The van der Waals surface area contributed by atoms with E-state index < -0.39 is 12.5 Å². The van der Waals surface area contributed by atoms with Crippen molar-refractivity contribution >= 4 is 0 Å². The van der Waals surface area contributed by atoms with Gasteiger partial charge in [0.15, 0.2) is 0 Å². The lowest BCUT2D eigenvalue weighted by Crippen LogP contribution is -2.58. The van der Waals surface area contributed by atoms with E-state index in [2.05, 4.69) is 10.1 Å². The fraction of sp³-hybridized carbons (Fsp3) is 1.00. The maximum Gasteiger partial charge on any atom is 0.522 e. The van der Waals surface area contributed by atoms with Gasteiger partial charge in [0.1, 0.15) is 0 Å². The third kappa shape index (κ3) is 1.85. The van der Waals surface area contributed by atoms with Crippen LogP contribution < -0.4 is 5.32 Å². The second-order valence-corrected chi connectivity index (χ2v) is 2.30. The van der Waals surface area contributed by atoms with E-state index in [4.69, 9.17) is 0 Å². The molecule has 1 rings (SSSR count). The molecule has 0 saturated carbocycles. The van der Waals surface area contributed by atoms with Gasteiger partial charge in [-0.3, -0.25) is 4.74 Å². The molecule has 0 unspecified atom stereocenters. The second kappa shape index (κ2) is 2.39. The number of hydrogen-bond donors (Lipinski definition) is 1. The fourth-order valence-corrected chi connectivity index (χ4v) is 0.765. The van der Waals surface area contributed by atoms with Crippen LogP contribution in [0.15, 0.2) is 0 Å². The molecule has 0 aromatic heterocycles. The van der Waals surface area contributed by atoms with Crippen LogP contribution in [0.2, 0.25) is 0 Å². The largest absolute Gasteiger partial charge is 0.522 e. The highest BCUT2D eigenvalue weighted by Crippen LogP contribution is 2.22. The van der Waals surface area contributed by atoms with E-state index in [0.717, 1.165) is 0 Å². The lowest BCUT2D eigenvalue weighted by molar-refractivity contribution is -0.351. The minimum atomic E-state index is -4.49. The molecule has 1 aliphatic heterocycles. The van der Waals surface area contributed by atoms with Crippen LogP contribution in [0, 0.1) is 0 Å². The van der Waals surface area contributed by atoms with Crippen molar-refractivity contribution in [1.82, 2.24) is 5.32 Å². The molecule has 1 saturated heterocycles. The van der Waals surface area contributed by atoms with E-state index in [1.807, 2.05) is 0 Å². The number of alkyl halides is 3. The van der Waals surface area contributed by atoms with Crippen molar-refractivity contribution in [3.8, 4) is 0 Å². The first kappa shape index (κ1) is 7.81. The molecule has 0 radical (unpaired) electrons. The van der Waals surface area contributed by atoms with Crippen molar-refractivity contribution < 1.29 is 17.9 Å². The van der Waals surface area contributed by atoms with E-state index >= 15 is 0 Å². The molecule has 2 nitrogen and oxygen atoms in total. The third-order valence-electron chi connectivity index (χ3n) is 1.48. The minimum Gasteiger partial charge on any atom is -0.309 e. The third-order valence-corrected chi connectivity index (χ3v) is 1.48. The highest BCUT2D eigenvalue weighted by molar-refractivity contribution is 4.85. The molecule has 1 fully saturated rings. The molecular formula is C5H8F3NO. The summed E-state index contributed by atoms with van der Waals surface area (Å²) in [4.78, 5) is 0. The van der Waals surface area contributed by atoms with E-state index in [0.29, 0.717) is 6.54 Å². The standard InChI is InChI=1S/C5H8F3NO/c1-3-4(2-9-3)10-5(6,7)8/h3-4,9H,2H2,1H3/t3-,4-/m1/s1. The summed E-state index contributed by atoms with van der Waals surface area (Å²) in [7, 11) is 0. The first-order valence-corrected chi connectivity index (χ1v) is 2.97. The van der Waals surface area contributed by atoms with Gasteiger partial charge in [-0.05, 0) is 6.92 Å². The smallest absolute Gasteiger partial charge is 0.309 e. The molecule has 1 N–H and O–H groups in total. The summed E-state index contributed by atoms with van der Waals surface area (Å²) in [5, 5.41) is 2.76. The maximum absolute atomic E-state index is 11.5. The van der Waals surface area contributed by atoms with Crippen LogP contribution >= 0.6 is 0 Å². The van der Waals surface area contributed by atoms with Crippen LogP contribution in [0.4, 0.5) is 13.2 Å². The monoisotopic (exact) mass is 155 g/mol. The average molecular weight is 155 g/mol. The zero-order valence-electron chi connectivity index (χ0n) is 5.40. The Kier molecular flexibility index (Phi) is 1.87. The predicted octanol–water partition coefficient (Wildman–Crippen LogP) is 0.883. The summed E-state index contributed by atoms with van der Waals surface area (Å²) in [6.45, 7) is 1.95. The molecule has 1 aliphatic rings. The lowest BCUT2D eigenvalue weighted by Gasteiger charge is -2.35. The number of rotatable bonds is 1. The predicted molar refractivity (Wildman–Crippen MR) is 28.4 cm³/mol. The van der Waals surface area contributed by atoms with Crippen molar-refractivity contribution in [2.75, 3.05) is 6.54 Å². The quantitative estimate of drug-likeness (QED) is 0.607. The van der Waals surface area contributed by atoms with Crippen LogP contribution in [-0.2, 0) is 4.74 Å². The van der Waals surface area contributed by atoms with Gasteiger partial charge < -0.3 is 5.32 Å². The van der Waals surface area contributed by atoms with E-state index in [-0.39, 0.29) is 6.04 Å². The summed E-state index contributed by atoms with van der Waals surface area (Å²) in [6.07, 6.45) is -5.18. The van der Waals surface area contributed by atoms with Crippen molar-refractivity contribution in [1.29, 1.82) is 0 Å². The first-order chi connectivity index (χ1) is 4.49. The molecule has 1 heterocycles. The fourth-order valence-electron chi connectivity index (χ4n) is 0.765. The summed E-state index contributed by atoms with van der Waals surface area (Å²) in [5.41, 5.74) is 0. The Bertz CT molecular complexity index is 125. The molecule has 2 atom stereocenters. The molecule has 10 heavy (non-hydrogen) atoms. The van der Waals surface area contributed by atoms with Crippen molar-refractivity contribution in [2.24, 2.45) is 0 Å². The molecule has 0 aromatic carbocycles. The Balaban J connectivity index is 2.26. The Morgan fingerprint density at radius 3 is 2.20 bits per heavy atom. The van der Waals surface area contributed by atoms with Gasteiger partial charge in [-0.2, -0.15) is 0 Å². The van der Waals surface area contributed by atoms with Crippen LogP contribution in [-0.4, -0.2) is 25.1 Å².